The Hall–Kier alpha value is -3.20. The molecule has 1 aromatic carbocycles. The number of aromatic nitrogens is 3. The fourth-order valence-electron chi connectivity index (χ4n) is 3.91. The summed E-state index contributed by atoms with van der Waals surface area (Å²) in [5, 5.41) is 0.972. The molecule has 0 atom stereocenters. The fraction of sp³-hybridized carbons (Fsp3) is 0.217. The highest BCUT2D eigenvalue weighted by molar-refractivity contribution is 6.30. The molecule has 3 aromatic heterocycles. The third kappa shape index (κ3) is 4.00. The standard InChI is InChI=1S/C23H21ClFN5O2/c24-20-3-1-2-16(22(20)25)14-30-6-4-15(10-21(30)31)19-13-27-23-18(19)11-17(12-26-23)29-7-5-28-32-9-8-29/h1-4,6,10-13,28H,5,7-9,14H2,(H,26,27). The van der Waals surface area contributed by atoms with Crippen LogP contribution in [0.5, 0.6) is 0 Å². The number of benzene rings is 1. The minimum atomic E-state index is -0.505. The molecule has 4 heterocycles. The van der Waals surface area contributed by atoms with E-state index >= 15 is 0 Å². The van der Waals surface area contributed by atoms with Gasteiger partial charge < -0.3 is 14.5 Å². The van der Waals surface area contributed by atoms with Crippen molar-refractivity contribution >= 4 is 28.3 Å². The highest BCUT2D eigenvalue weighted by Crippen LogP contribution is 2.30. The van der Waals surface area contributed by atoms with Crippen LogP contribution in [0.3, 0.4) is 0 Å². The number of halogens is 2. The van der Waals surface area contributed by atoms with Gasteiger partial charge in [0, 0.05) is 54.6 Å². The number of aromatic amines is 1. The Labute approximate surface area is 188 Å². The predicted molar refractivity (Wildman–Crippen MR) is 122 cm³/mol. The van der Waals surface area contributed by atoms with E-state index < -0.39 is 5.82 Å². The lowest BCUT2D eigenvalue weighted by atomic mass is 10.1. The molecule has 9 heteroatoms. The molecule has 1 aliphatic rings. The van der Waals surface area contributed by atoms with Crippen molar-refractivity contribution < 1.29 is 9.23 Å². The molecule has 0 saturated carbocycles. The molecule has 1 aliphatic heterocycles. The van der Waals surface area contributed by atoms with Gasteiger partial charge in [-0.3, -0.25) is 9.63 Å². The van der Waals surface area contributed by atoms with Gasteiger partial charge in [0.25, 0.3) is 5.56 Å². The van der Waals surface area contributed by atoms with E-state index in [1.54, 1.807) is 24.4 Å². The maximum Gasteiger partial charge on any atom is 0.251 e. The lowest BCUT2D eigenvalue weighted by Crippen LogP contribution is -2.28. The van der Waals surface area contributed by atoms with Gasteiger partial charge in [-0.05, 0) is 23.8 Å². The minimum Gasteiger partial charge on any atom is -0.367 e. The zero-order chi connectivity index (χ0) is 22.1. The lowest BCUT2D eigenvalue weighted by Gasteiger charge is -2.21. The molecular formula is C23H21ClFN5O2. The Morgan fingerprint density at radius 1 is 1.22 bits per heavy atom. The zero-order valence-electron chi connectivity index (χ0n) is 17.1. The van der Waals surface area contributed by atoms with Crippen LogP contribution in [0.1, 0.15) is 5.56 Å². The van der Waals surface area contributed by atoms with Crippen LogP contribution >= 0.6 is 11.6 Å². The van der Waals surface area contributed by atoms with E-state index in [0.29, 0.717) is 12.2 Å². The zero-order valence-corrected chi connectivity index (χ0v) is 17.9. The summed E-state index contributed by atoms with van der Waals surface area (Å²) in [7, 11) is 0. The van der Waals surface area contributed by atoms with E-state index in [4.69, 9.17) is 16.4 Å². The fourth-order valence-corrected chi connectivity index (χ4v) is 4.11. The van der Waals surface area contributed by atoms with Crippen molar-refractivity contribution in [3.05, 3.63) is 81.7 Å². The number of H-pyrrole nitrogens is 1. The van der Waals surface area contributed by atoms with Gasteiger partial charge in [-0.15, -0.1) is 0 Å². The number of rotatable bonds is 4. The Morgan fingerprint density at radius 3 is 3.00 bits per heavy atom. The smallest absolute Gasteiger partial charge is 0.251 e. The summed E-state index contributed by atoms with van der Waals surface area (Å²) in [4.78, 5) is 28.0. The average molecular weight is 454 g/mol. The lowest BCUT2D eigenvalue weighted by molar-refractivity contribution is 0.0589. The number of fused-ring (bicyclic) bond motifs is 1. The van der Waals surface area contributed by atoms with Crippen molar-refractivity contribution in [3.63, 3.8) is 0 Å². The van der Waals surface area contributed by atoms with Crippen LogP contribution in [0.4, 0.5) is 10.1 Å². The molecule has 164 valence electrons. The molecule has 0 spiro atoms. The number of pyridine rings is 2. The molecule has 1 saturated heterocycles. The third-order valence-electron chi connectivity index (χ3n) is 5.61. The predicted octanol–water partition coefficient (Wildman–Crippen LogP) is 3.57. The molecule has 0 amide bonds. The van der Waals surface area contributed by atoms with Gasteiger partial charge >= 0.3 is 0 Å². The van der Waals surface area contributed by atoms with Crippen LogP contribution in [0.25, 0.3) is 22.2 Å². The van der Waals surface area contributed by atoms with E-state index in [1.165, 1.54) is 10.6 Å². The minimum absolute atomic E-state index is 0.0426. The largest absolute Gasteiger partial charge is 0.367 e. The molecule has 32 heavy (non-hydrogen) atoms. The van der Waals surface area contributed by atoms with Gasteiger partial charge in [-0.25, -0.2) is 14.9 Å². The summed E-state index contributed by atoms with van der Waals surface area (Å²) in [5.74, 6) is -0.505. The van der Waals surface area contributed by atoms with Crippen molar-refractivity contribution in [1.29, 1.82) is 0 Å². The van der Waals surface area contributed by atoms with E-state index in [1.807, 2.05) is 18.5 Å². The average Bonchev–Trinajstić information content (AvgIpc) is 3.02. The summed E-state index contributed by atoms with van der Waals surface area (Å²) >= 11 is 5.86. The Balaban J connectivity index is 1.47. The molecule has 1 fully saturated rings. The van der Waals surface area contributed by atoms with Crippen LogP contribution in [-0.2, 0) is 11.4 Å². The Kier molecular flexibility index (Phi) is 5.65. The molecule has 7 nitrogen and oxygen atoms in total. The highest BCUT2D eigenvalue weighted by atomic mass is 35.5. The summed E-state index contributed by atoms with van der Waals surface area (Å²) in [6, 6.07) is 10.3. The second-order valence-corrected chi connectivity index (χ2v) is 8.02. The van der Waals surface area contributed by atoms with Crippen molar-refractivity contribution in [2.24, 2.45) is 0 Å². The van der Waals surface area contributed by atoms with Crippen molar-refractivity contribution in [2.75, 3.05) is 31.1 Å². The molecule has 5 rings (SSSR count). The number of nitrogens with zero attached hydrogens (tertiary/aromatic N) is 3. The SMILES string of the molecule is O=c1cc(-c2c[nH]c3ncc(N4CCNOCC4)cc23)ccn1Cc1cccc(Cl)c1F. The quantitative estimate of drug-likeness (QED) is 0.494. The van der Waals surface area contributed by atoms with Crippen molar-refractivity contribution in [3.8, 4) is 11.1 Å². The maximum absolute atomic E-state index is 14.2. The van der Waals surface area contributed by atoms with Crippen molar-refractivity contribution in [1.82, 2.24) is 20.0 Å². The molecule has 4 aromatic rings. The topological polar surface area (TPSA) is 75.2 Å². The summed E-state index contributed by atoms with van der Waals surface area (Å²) in [5.41, 5.74) is 6.45. The Bertz CT molecular complexity index is 1330. The van der Waals surface area contributed by atoms with Crippen molar-refractivity contribution in [2.45, 2.75) is 6.54 Å². The summed E-state index contributed by atoms with van der Waals surface area (Å²) < 4.78 is 15.7. The van der Waals surface area contributed by atoms with Crippen LogP contribution in [0, 0.1) is 5.82 Å². The first-order chi connectivity index (χ1) is 15.6. The number of hydrogen-bond donors (Lipinski definition) is 2. The number of nitrogens with one attached hydrogen (secondary N) is 2. The number of hydrogen-bond acceptors (Lipinski definition) is 5. The van der Waals surface area contributed by atoms with E-state index in [2.05, 4.69) is 26.4 Å². The third-order valence-corrected chi connectivity index (χ3v) is 5.90. The van der Waals surface area contributed by atoms with Gasteiger partial charge in [0.2, 0.25) is 0 Å². The molecule has 0 radical (unpaired) electrons. The molecule has 2 N–H and O–H groups in total. The normalized spacial score (nSPS) is 14.6. The molecule has 0 unspecified atom stereocenters. The van der Waals surface area contributed by atoms with E-state index in [-0.39, 0.29) is 17.1 Å². The van der Waals surface area contributed by atoms with Gasteiger partial charge in [-0.2, -0.15) is 0 Å². The first kappa shape index (κ1) is 20.7. The first-order valence-corrected chi connectivity index (χ1v) is 10.7. The van der Waals surface area contributed by atoms with Crippen LogP contribution < -0.4 is 15.9 Å². The van der Waals surface area contributed by atoms with Gasteiger partial charge in [0.1, 0.15) is 11.5 Å². The first-order valence-electron chi connectivity index (χ1n) is 10.3. The Morgan fingerprint density at radius 2 is 2.12 bits per heavy atom. The second kappa shape index (κ2) is 8.74. The second-order valence-electron chi connectivity index (χ2n) is 7.62. The van der Waals surface area contributed by atoms with Gasteiger partial charge in [0.05, 0.1) is 30.1 Å². The van der Waals surface area contributed by atoms with E-state index in [9.17, 15) is 9.18 Å². The number of anilines is 1. The van der Waals surface area contributed by atoms with Crippen LogP contribution in [-0.4, -0.2) is 40.8 Å². The molecule has 0 aliphatic carbocycles. The van der Waals surface area contributed by atoms with Crippen LogP contribution in [0.15, 0.2) is 59.8 Å². The monoisotopic (exact) mass is 453 g/mol. The maximum atomic E-state index is 14.2. The summed E-state index contributed by atoms with van der Waals surface area (Å²) in [6.07, 6.45) is 5.36. The van der Waals surface area contributed by atoms with E-state index in [0.717, 1.165) is 47.5 Å². The summed E-state index contributed by atoms with van der Waals surface area (Å²) in [6.45, 7) is 2.99. The highest BCUT2D eigenvalue weighted by Gasteiger charge is 2.15. The van der Waals surface area contributed by atoms with Crippen LogP contribution in [0.2, 0.25) is 5.02 Å². The molecular weight excluding hydrogens is 433 g/mol. The van der Waals surface area contributed by atoms with Gasteiger partial charge in [0.15, 0.2) is 0 Å². The molecule has 0 bridgehead atoms. The number of hydroxylamine groups is 1. The van der Waals surface area contributed by atoms with Gasteiger partial charge in [-0.1, -0.05) is 23.7 Å².